The van der Waals surface area contributed by atoms with Gasteiger partial charge < -0.3 is 11.5 Å². The van der Waals surface area contributed by atoms with Crippen LogP contribution >= 0.6 is 11.3 Å². The predicted octanol–water partition coefficient (Wildman–Crippen LogP) is 3.33. The van der Waals surface area contributed by atoms with Gasteiger partial charge >= 0.3 is 0 Å². The summed E-state index contributed by atoms with van der Waals surface area (Å²) in [5.74, 6) is 0.224. The molecule has 0 saturated carbocycles. The number of hydrogen-bond donors (Lipinski definition) is 2. The van der Waals surface area contributed by atoms with Crippen molar-refractivity contribution in [2.75, 3.05) is 12.8 Å². The number of rotatable bonds is 2. The van der Waals surface area contributed by atoms with Crippen LogP contribution in [0, 0.1) is 12.3 Å². The fourth-order valence-corrected chi connectivity index (χ4v) is 4.55. The number of carbonyl (C=O) groups excluding carboxylic acids is 1. The molecule has 2 heterocycles. The Labute approximate surface area is 152 Å². The Balaban J connectivity index is 2.17. The molecule has 1 aromatic heterocycles. The Morgan fingerprint density at radius 2 is 1.84 bits per heavy atom. The second-order valence-corrected chi connectivity index (χ2v) is 8.49. The van der Waals surface area contributed by atoms with Gasteiger partial charge in [-0.3, -0.25) is 9.69 Å². The lowest BCUT2D eigenvalue weighted by molar-refractivity contribution is -0.140. The van der Waals surface area contributed by atoms with Gasteiger partial charge in [-0.1, -0.05) is 12.1 Å². The molecule has 0 radical (unpaired) electrons. The molecule has 6 heteroatoms. The summed E-state index contributed by atoms with van der Waals surface area (Å²) >= 11 is 1.65. The largest absolute Gasteiger partial charge is 0.399 e. The number of guanidine groups is 1. The van der Waals surface area contributed by atoms with Crippen LogP contribution in [0.2, 0.25) is 0 Å². The Hall–Kier alpha value is -2.34. The fourth-order valence-electron chi connectivity index (χ4n) is 3.25. The second kappa shape index (κ2) is 5.59. The molecule has 0 aliphatic carbocycles. The van der Waals surface area contributed by atoms with Gasteiger partial charge in [0.15, 0.2) is 5.96 Å². The van der Waals surface area contributed by atoms with E-state index in [0.717, 1.165) is 26.6 Å². The van der Waals surface area contributed by atoms with E-state index in [0.29, 0.717) is 0 Å². The summed E-state index contributed by atoms with van der Waals surface area (Å²) in [6.45, 7) is 7.92. The first-order chi connectivity index (χ1) is 11.6. The molecule has 1 aliphatic rings. The van der Waals surface area contributed by atoms with Crippen LogP contribution in [-0.2, 0) is 10.3 Å². The van der Waals surface area contributed by atoms with Crippen molar-refractivity contribution in [1.29, 1.82) is 0 Å². The van der Waals surface area contributed by atoms with Gasteiger partial charge in [0.05, 0.1) is 5.41 Å². The number of benzene rings is 1. The summed E-state index contributed by atoms with van der Waals surface area (Å²) in [5, 5.41) is 0. The third kappa shape index (κ3) is 2.52. The van der Waals surface area contributed by atoms with E-state index in [-0.39, 0.29) is 11.9 Å². The zero-order valence-corrected chi connectivity index (χ0v) is 16.1. The molecule has 1 aliphatic heterocycles. The zero-order valence-electron chi connectivity index (χ0n) is 15.3. The summed E-state index contributed by atoms with van der Waals surface area (Å²) in [7, 11) is 1.67. The minimum atomic E-state index is -0.714. The number of carbonyl (C=O) groups is 1. The Morgan fingerprint density at radius 3 is 2.48 bits per heavy atom. The van der Waals surface area contributed by atoms with E-state index in [4.69, 9.17) is 16.5 Å². The highest BCUT2D eigenvalue weighted by molar-refractivity contribution is 7.12. The number of hydrogen-bond acceptors (Lipinski definition) is 5. The smallest absolute Gasteiger partial charge is 0.237 e. The maximum atomic E-state index is 12.8. The molecule has 25 heavy (non-hydrogen) atoms. The molecule has 3 rings (SSSR count). The molecule has 132 valence electrons. The van der Waals surface area contributed by atoms with Crippen molar-refractivity contribution < 1.29 is 4.79 Å². The van der Waals surface area contributed by atoms with Crippen LogP contribution in [0.1, 0.15) is 30.5 Å². The predicted molar refractivity (Wildman–Crippen MR) is 104 cm³/mol. The minimum absolute atomic E-state index is 0.0286. The molecule has 0 spiro atoms. The van der Waals surface area contributed by atoms with Gasteiger partial charge in [-0.05, 0) is 57.0 Å². The van der Waals surface area contributed by atoms with Crippen molar-refractivity contribution in [1.82, 2.24) is 4.90 Å². The first kappa shape index (κ1) is 17.5. The van der Waals surface area contributed by atoms with E-state index in [1.807, 2.05) is 45.0 Å². The molecular weight excluding hydrogens is 332 g/mol. The average Bonchev–Trinajstić information content (AvgIpc) is 2.94. The first-order valence-electron chi connectivity index (χ1n) is 8.18. The van der Waals surface area contributed by atoms with Gasteiger partial charge in [-0.25, -0.2) is 4.99 Å². The molecule has 0 unspecified atom stereocenters. The Bertz CT molecular complexity index is 883. The van der Waals surface area contributed by atoms with Crippen molar-refractivity contribution in [2.24, 2.45) is 16.1 Å². The van der Waals surface area contributed by atoms with E-state index in [1.54, 1.807) is 18.4 Å². The molecule has 1 amide bonds. The number of amides is 1. The van der Waals surface area contributed by atoms with Crippen molar-refractivity contribution in [3.63, 3.8) is 0 Å². The quantitative estimate of drug-likeness (QED) is 0.809. The number of nitrogens with two attached hydrogens (primary N) is 2. The van der Waals surface area contributed by atoms with Crippen LogP contribution in [-0.4, -0.2) is 23.8 Å². The van der Waals surface area contributed by atoms with Crippen LogP contribution in [0.25, 0.3) is 11.1 Å². The molecule has 2 aromatic rings. The summed E-state index contributed by atoms with van der Waals surface area (Å²) in [6.07, 6.45) is 0. The summed E-state index contributed by atoms with van der Waals surface area (Å²) < 4.78 is 0. The van der Waals surface area contributed by atoms with E-state index in [9.17, 15) is 4.79 Å². The highest BCUT2D eigenvalue weighted by Crippen LogP contribution is 2.50. The highest BCUT2D eigenvalue weighted by Gasteiger charge is 2.53. The van der Waals surface area contributed by atoms with Crippen molar-refractivity contribution in [3.8, 4) is 11.1 Å². The topological polar surface area (TPSA) is 84.7 Å². The highest BCUT2D eigenvalue weighted by atomic mass is 32.1. The van der Waals surface area contributed by atoms with Gasteiger partial charge in [0.2, 0.25) is 5.91 Å². The number of aliphatic imine (C=N–C) groups is 1. The third-order valence-electron chi connectivity index (χ3n) is 5.33. The van der Waals surface area contributed by atoms with E-state index < -0.39 is 11.0 Å². The number of nitrogens with zero attached hydrogens (tertiary/aromatic N) is 2. The van der Waals surface area contributed by atoms with Crippen molar-refractivity contribution in [3.05, 3.63) is 40.1 Å². The molecule has 0 fully saturated rings. The maximum absolute atomic E-state index is 12.8. The number of nitrogen functional groups attached to an aromatic ring is 1. The second-order valence-electron chi connectivity index (χ2n) is 7.24. The molecule has 1 atom stereocenters. The van der Waals surface area contributed by atoms with Crippen LogP contribution in [0.3, 0.4) is 0 Å². The van der Waals surface area contributed by atoms with Crippen LogP contribution in [0.4, 0.5) is 5.69 Å². The van der Waals surface area contributed by atoms with E-state index in [1.165, 1.54) is 4.90 Å². The SMILES string of the molecule is Cc1sc([C@@]2(C)N=C(N)N(C)C(=O)C2(C)C)cc1-c1cccc(N)c1. The van der Waals surface area contributed by atoms with E-state index >= 15 is 0 Å². The maximum Gasteiger partial charge on any atom is 0.237 e. The number of anilines is 1. The Morgan fingerprint density at radius 1 is 1.16 bits per heavy atom. The van der Waals surface area contributed by atoms with Crippen molar-refractivity contribution in [2.45, 2.75) is 33.2 Å². The lowest BCUT2D eigenvalue weighted by Gasteiger charge is -2.45. The number of thiophene rings is 1. The number of aryl methyl sites for hydroxylation is 1. The lowest BCUT2D eigenvalue weighted by atomic mass is 9.70. The lowest BCUT2D eigenvalue weighted by Crippen LogP contribution is -2.58. The molecule has 1 aromatic carbocycles. The monoisotopic (exact) mass is 356 g/mol. The fraction of sp³-hybridized carbons (Fsp3) is 0.368. The summed E-state index contributed by atoms with van der Waals surface area (Å²) in [6, 6.07) is 9.94. The summed E-state index contributed by atoms with van der Waals surface area (Å²) in [5.41, 5.74) is 13.5. The molecule has 5 nitrogen and oxygen atoms in total. The summed E-state index contributed by atoms with van der Waals surface area (Å²) in [4.78, 5) is 21.1. The normalized spacial score (nSPS) is 22.8. The average molecular weight is 356 g/mol. The molecule has 0 saturated heterocycles. The molecule has 0 bridgehead atoms. The van der Waals surface area contributed by atoms with Gasteiger partial charge in [0, 0.05) is 22.5 Å². The Kier molecular flexibility index (Phi) is 3.91. The van der Waals surface area contributed by atoms with Gasteiger partial charge in [-0.15, -0.1) is 11.3 Å². The molecular formula is C19H24N4OS. The van der Waals surface area contributed by atoms with E-state index in [2.05, 4.69) is 13.0 Å². The third-order valence-corrected chi connectivity index (χ3v) is 6.59. The standard InChI is InChI=1S/C19H24N4OS/c1-11-14(12-7-6-8-13(20)9-12)10-15(25-11)19(4)18(2,3)16(24)23(5)17(21)22-19/h6-10H,20H2,1-5H3,(H2,21,22)/t19-/m1/s1. The van der Waals surface area contributed by atoms with Crippen LogP contribution < -0.4 is 11.5 Å². The van der Waals surface area contributed by atoms with Crippen LogP contribution in [0.5, 0.6) is 0 Å². The first-order valence-corrected chi connectivity index (χ1v) is 9.00. The minimum Gasteiger partial charge on any atom is -0.399 e. The van der Waals surface area contributed by atoms with Gasteiger partial charge in [0.1, 0.15) is 5.54 Å². The van der Waals surface area contributed by atoms with Crippen LogP contribution in [0.15, 0.2) is 35.3 Å². The van der Waals surface area contributed by atoms with Gasteiger partial charge in [0.25, 0.3) is 0 Å². The van der Waals surface area contributed by atoms with Gasteiger partial charge in [-0.2, -0.15) is 0 Å². The van der Waals surface area contributed by atoms with Crippen molar-refractivity contribution >= 4 is 28.9 Å². The zero-order chi connectivity index (χ0) is 18.6. The molecule has 4 N–H and O–H groups in total.